The van der Waals surface area contributed by atoms with Gasteiger partial charge in [-0.05, 0) is 29.0 Å². The molecule has 2 rings (SSSR count). The molecule has 0 spiro atoms. The molecular weight excluding hydrogens is 230 g/mol. The van der Waals surface area contributed by atoms with Gasteiger partial charge in [-0.2, -0.15) is 0 Å². The number of hydrogen-bond acceptors (Lipinski definition) is 3. The third-order valence-electron chi connectivity index (χ3n) is 2.66. The number of aliphatic hydroxyl groups is 1. The van der Waals surface area contributed by atoms with E-state index in [9.17, 15) is 0 Å². The summed E-state index contributed by atoms with van der Waals surface area (Å²) in [6.45, 7) is 2.01. The van der Waals surface area contributed by atoms with Crippen molar-refractivity contribution in [3.8, 4) is 0 Å². The second-order valence-corrected chi connectivity index (χ2v) is 5.01. The topological polar surface area (TPSA) is 32.3 Å². The van der Waals surface area contributed by atoms with E-state index in [0.29, 0.717) is 0 Å². The van der Waals surface area contributed by atoms with Crippen molar-refractivity contribution in [3.63, 3.8) is 0 Å². The van der Waals surface area contributed by atoms with Crippen LogP contribution in [-0.4, -0.2) is 11.7 Å². The third-order valence-corrected chi connectivity index (χ3v) is 3.60. The summed E-state index contributed by atoms with van der Waals surface area (Å²) in [6, 6.07) is 12.3. The molecule has 0 aliphatic carbocycles. The first-order chi connectivity index (χ1) is 8.38. The molecule has 1 aromatic carbocycles. The van der Waals surface area contributed by atoms with Crippen molar-refractivity contribution in [3.05, 3.63) is 57.8 Å². The van der Waals surface area contributed by atoms with E-state index in [0.717, 1.165) is 25.1 Å². The van der Waals surface area contributed by atoms with Gasteiger partial charge < -0.3 is 10.4 Å². The van der Waals surface area contributed by atoms with Gasteiger partial charge in [0, 0.05) is 18.0 Å². The molecule has 0 aliphatic rings. The summed E-state index contributed by atoms with van der Waals surface area (Å²) in [4.78, 5) is 1.42. The highest BCUT2D eigenvalue weighted by Crippen LogP contribution is 2.08. The lowest BCUT2D eigenvalue weighted by molar-refractivity contribution is 0.282. The summed E-state index contributed by atoms with van der Waals surface area (Å²) in [5, 5.41) is 14.5. The molecule has 17 heavy (non-hydrogen) atoms. The van der Waals surface area contributed by atoms with Crippen LogP contribution >= 0.6 is 11.3 Å². The van der Waals surface area contributed by atoms with Gasteiger partial charge >= 0.3 is 0 Å². The van der Waals surface area contributed by atoms with E-state index >= 15 is 0 Å². The van der Waals surface area contributed by atoms with E-state index in [1.165, 1.54) is 10.4 Å². The average molecular weight is 247 g/mol. The molecule has 2 nitrogen and oxygen atoms in total. The molecule has 0 saturated carbocycles. The maximum atomic E-state index is 8.93. The predicted octanol–water partition coefficient (Wildman–Crippen LogP) is 2.57. The van der Waals surface area contributed by atoms with E-state index in [1.807, 2.05) is 12.1 Å². The Bertz CT molecular complexity index is 422. The fourth-order valence-electron chi connectivity index (χ4n) is 1.66. The van der Waals surface area contributed by atoms with Crippen LogP contribution in [0.25, 0.3) is 0 Å². The minimum atomic E-state index is 0.117. The Morgan fingerprint density at radius 2 is 1.82 bits per heavy atom. The first-order valence-corrected chi connectivity index (χ1v) is 6.68. The molecule has 2 N–H and O–H groups in total. The molecule has 90 valence electrons. The standard InChI is InChI=1S/C14H17NOS/c16-11-13-5-3-12(4-6-13)10-15-8-7-14-2-1-9-17-14/h1-6,9,15-16H,7-8,10-11H2. The van der Waals surface area contributed by atoms with E-state index < -0.39 is 0 Å². The molecule has 2 aromatic rings. The first-order valence-electron chi connectivity index (χ1n) is 5.80. The molecule has 1 heterocycles. The largest absolute Gasteiger partial charge is 0.392 e. The van der Waals surface area contributed by atoms with E-state index in [2.05, 4.69) is 35.0 Å². The molecule has 0 aliphatic heterocycles. The van der Waals surface area contributed by atoms with Crippen LogP contribution in [0.3, 0.4) is 0 Å². The van der Waals surface area contributed by atoms with Gasteiger partial charge in [-0.3, -0.25) is 0 Å². The Morgan fingerprint density at radius 3 is 2.47 bits per heavy atom. The summed E-state index contributed by atoms with van der Waals surface area (Å²) in [6.07, 6.45) is 1.09. The molecule has 0 radical (unpaired) electrons. The van der Waals surface area contributed by atoms with E-state index in [4.69, 9.17) is 5.11 Å². The van der Waals surface area contributed by atoms with Crippen molar-refractivity contribution in [2.75, 3.05) is 6.54 Å². The number of benzene rings is 1. The Kier molecular flexibility index (Phi) is 4.74. The molecular formula is C14H17NOS. The minimum absolute atomic E-state index is 0.117. The van der Waals surface area contributed by atoms with Crippen LogP contribution in [0.4, 0.5) is 0 Å². The first kappa shape index (κ1) is 12.3. The summed E-state index contributed by atoms with van der Waals surface area (Å²) < 4.78 is 0. The van der Waals surface area contributed by atoms with Gasteiger partial charge in [0.15, 0.2) is 0 Å². The average Bonchev–Trinajstić information content (AvgIpc) is 2.88. The van der Waals surface area contributed by atoms with E-state index in [-0.39, 0.29) is 6.61 Å². The lowest BCUT2D eigenvalue weighted by atomic mass is 10.1. The Morgan fingerprint density at radius 1 is 1.06 bits per heavy atom. The van der Waals surface area contributed by atoms with Gasteiger partial charge in [-0.15, -0.1) is 11.3 Å². The zero-order chi connectivity index (χ0) is 11.9. The highest BCUT2D eigenvalue weighted by Gasteiger charge is 1.95. The smallest absolute Gasteiger partial charge is 0.0681 e. The van der Waals surface area contributed by atoms with Crippen LogP contribution in [0.1, 0.15) is 16.0 Å². The number of thiophene rings is 1. The third kappa shape index (κ3) is 3.97. The van der Waals surface area contributed by atoms with E-state index in [1.54, 1.807) is 11.3 Å². The number of aliphatic hydroxyl groups excluding tert-OH is 1. The van der Waals surface area contributed by atoms with Crippen LogP contribution in [0.5, 0.6) is 0 Å². The summed E-state index contributed by atoms with van der Waals surface area (Å²) in [5.74, 6) is 0. The van der Waals surface area contributed by atoms with Crippen LogP contribution in [-0.2, 0) is 19.6 Å². The zero-order valence-corrected chi connectivity index (χ0v) is 10.5. The summed E-state index contributed by atoms with van der Waals surface area (Å²) in [5.41, 5.74) is 2.22. The normalized spacial score (nSPS) is 10.6. The lowest BCUT2D eigenvalue weighted by Gasteiger charge is -2.04. The van der Waals surface area contributed by atoms with Gasteiger partial charge in [-0.25, -0.2) is 0 Å². The van der Waals surface area contributed by atoms with Crippen molar-refractivity contribution in [2.45, 2.75) is 19.6 Å². The molecule has 3 heteroatoms. The molecule has 0 amide bonds. The molecule has 0 fully saturated rings. The Balaban J connectivity index is 1.70. The van der Waals surface area contributed by atoms with Crippen LogP contribution in [0.2, 0.25) is 0 Å². The maximum Gasteiger partial charge on any atom is 0.0681 e. The number of nitrogens with one attached hydrogen (secondary N) is 1. The summed E-state index contributed by atoms with van der Waals surface area (Å²) in [7, 11) is 0. The molecule has 0 bridgehead atoms. The van der Waals surface area contributed by atoms with Crippen molar-refractivity contribution in [2.24, 2.45) is 0 Å². The van der Waals surface area contributed by atoms with Gasteiger partial charge in [-0.1, -0.05) is 30.3 Å². The lowest BCUT2D eigenvalue weighted by Crippen LogP contribution is -2.16. The monoisotopic (exact) mass is 247 g/mol. The predicted molar refractivity (Wildman–Crippen MR) is 72.1 cm³/mol. The molecule has 0 unspecified atom stereocenters. The fraction of sp³-hybridized carbons (Fsp3) is 0.286. The zero-order valence-electron chi connectivity index (χ0n) is 9.73. The second-order valence-electron chi connectivity index (χ2n) is 3.98. The summed E-state index contributed by atoms with van der Waals surface area (Å²) >= 11 is 1.81. The van der Waals surface area contributed by atoms with Crippen molar-refractivity contribution in [1.82, 2.24) is 5.32 Å². The molecule has 0 saturated heterocycles. The fourth-order valence-corrected chi connectivity index (χ4v) is 2.37. The SMILES string of the molecule is OCc1ccc(CNCCc2cccs2)cc1. The van der Waals surface area contributed by atoms with Gasteiger partial charge in [0.25, 0.3) is 0 Å². The van der Waals surface area contributed by atoms with Crippen molar-refractivity contribution < 1.29 is 5.11 Å². The second kappa shape index (κ2) is 6.55. The van der Waals surface area contributed by atoms with Crippen LogP contribution in [0, 0.1) is 0 Å². The van der Waals surface area contributed by atoms with Crippen molar-refractivity contribution >= 4 is 11.3 Å². The van der Waals surface area contributed by atoms with Gasteiger partial charge in [0.1, 0.15) is 0 Å². The van der Waals surface area contributed by atoms with Gasteiger partial charge in [0.2, 0.25) is 0 Å². The van der Waals surface area contributed by atoms with Crippen LogP contribution in [0.15, 0.2) is 41.8 Å². The highest BCUT2D eigenvalue weighted by atomic mass is 32.1. The quantitative estimate of drug-likeness (QED) is 0.769. The van der Waals surface area contributed by atoms with Crippen LogP contribution < -0.4 is 5.32 Å². The molecule has 1 aromatic heterocycles. The van der Waals surface area contributed by atoms with Crippen molar-refractivity contribution in [1.29, 1.82) is 0 Å². The number of rotatable bonds is 6. The Labute approximate surface area is 106 Å². The molecule has 0 atom stereocenters. The highest BCUT2D eigenvalue weighted by molar-refractivity contribution is 7.09. The number of hydrogen-bond donors (Lipinski definition) is 2. The Hall–Kier alpha value is -1.16. The minimum Gasteiger partial charge on any atom is -0.392 e. The maximum absolute atomic E-state index is 8.93. The van der Waals surface area contributed by atoms with Gasteiger partial charge in [0.05, 0.1) is 6.61 Å².